The van der Waals surface area contributed by atoms with Crippen LogP contribution in [0.15, 0.2) is 0 Å². The molecule has 0 spiro atoms. The summed E-state index contributed by atoms with van der Waals surface area (Å²) in [5.74, 6) is 1.07. The normalized spacial score (nSPS) is 21.5. The molecule has 0 unspecified atom stereocenters. The summed E-state index contributed by atoms with van der Waals surface area (Å²) in [5.41, 5.74) is 5.69. The third-order valence-electron chi connectivity index (χ3n) is 3.00. The number of unbranched alkanes of at least 4 members (excludes halogenated alkanes) is 1. The second-order valence-corrected chi connectivity index (χ2v) is 4.41. The second kappa shape index (κ2) is 5.58. The molecule has 1 fully saturated rings. The molecule has 0 saturated heterocycles. The minimum atomic E-state index is 0.411. The summed E-state index contributed by atoms with van der Waals surface area (Å²) in [6.07, 6.45) is 11.4. The van der Waals surface area contributed by atoms with Crippen molar-refractivity contribution in [2.24, 2.45) is 11.7 Å². The number of hydrogen-bond donors (Lipinski definition) is 1. The standard InChI is InChI=1S/C11H23N/c1-10(12)6-2-3-7-11-8-4-5-9-11/h10-11H,2-9,12H2,1H3/t10-/m1/s1. The Morgan fingerprint density at radius 1 is 1.25 bits per heavy atom. The van der Waals surface area contributed by atoms with Crippen molar-refractivity contribution in [3.8, 4) is 0 Å². The average molecular weight is 169 g/mol. The molecule has 1 aliphatic carbocycles. The Hall–Kier alpha value is -0.0400. The van der Waals surface area contributed by atoms with Crippen molar-refractivity contribution < 1.29 is 0 Å². The van der Waals surface area contributed by atoms with Crippen LogP contribution in [0.4, 0.5) is 0 Å². The van der Waals surface area contributed by atoms with E-state index in [9.17, 15) is 0 Å². The Morgan fingerprint density at radius 2 is 1.92 bits per heavy atom. The molecular weight excluding hydrogens is 146 g/mol. The maximum absolute atomic E-state index is 5.69. The van der Waals surface area contributed by atoms with Crippen molar-refractivity contribution in [3.05, 3.63) is 0 Å². The highest BCUT2D eigenvalue weighted by atomic mass is 14.6. The van der Waals surface area contributed by atoms with Crippen LogP contribution in [-0.4, -0.2) is 6.04 Å². The van der Waals surface area contributed by atoms with Gasteiger partial charge in [-0.25, -0.2) is 0 Å². The highest BCUT2D eigenvalue weighted by molar-refractivity contribution is 4.67. The van der Waals surface area contributed by atoms with Crippen LogP contribution in [0, 0.1) is 5.92 Å². The van der Waals surface area contributed by atoms with Crippen LogP contribution in [-0.2, 0) is 0 Å². The molecule has 0 aliphatic heterocycles. The van der Waals surface area contributed by atoms with Gasteiger partial charge in [0.15, 0.2) is 0 Å². The third kappa shape index (κ3) is 4.10. The molecule has 1 aliphatic rings. The summed E-state index contributed by atoms with van der Waals surface area (Å²) in [6.45, 7) is 2.11. The zero-order valence-corrected chi connectivity index (χ0v) is 8.39. The van der Waals surface area contributed by atoms with Gasteiger partial charge in [0, 0.05) is 6.04 Å². The highest BCUT2D eigenvalue weighted by Gasteiger charge is 2.13. The fourth-order valence-electron chi connectivity index (χ4n) is 2.20. The van der Waals surface area contributed by atoms with E-state index in [1.807, 2.05) is 0 Å². The number of rotatable bonds is 5. The molecule has 1 rings (SSSR count). The summed E-state index contributed by atoms with van der Waals surface area (Å²) in [7, 11) is 0. The van der Waals surface area contributed by atoms with E-state index in [2.05, 4.69) is 6.92 Å². The first-order valence-electron chi connectivity index (χ1n) is 5.54. The molecule has 1 nitrogen and oxygen atoms in total. The number of nitrogens with two attached hydrogens (primary N) is 1. The smallest absolute Gasteiger partial charge is 0.00104 e. The minimum absolute atomic E-state index is 0.411. The molecule has 1 saturated carbocycles. The topological polar surface area (TPSA) is 26.0 Å². The monoisotopic (exact) mass is 169 g/mol. The van der Waals surface area contributed by atoms with Crippen molar-refractivity contribution in [3.63, 3.8) is 0 Å². The van der Waals surface area contributed by atoms with Gasteiger partial charge >= 0.3 is 0 Å². The molecule has 0 bridgehead atoms. The van der Waals surface area contributed by atoms with Crippen LogP contribution in [0.25, 0.3) is 0 Å². The van der Waals surface area contributed by atoms with E-state index in [4.69, 9.17) is 5.73 Å². The molecule has 12 heavy (non-hydrogen) atoms. The quantitative estimate of drug-likeness (QED) is 0.629. The maximum atomic E-state index is 5.69. The predicted molar refractivity (Wildman–Crippen MR) is 54.1 cm³/mol. The molecule has 1 heteroatoms. The Balaban J connectivity index is 1.88. The summed E-state index contributed by atoms with van der Waals surface area (Å²) in [4.78, 5) is 0. The lowest BCUT2D eigenvalue weighted by Gasteiger charge is -2.08. The van der Waals surface area contributed by atoms with E-state index in [0.717, 1.165) is 5.92 Å². The second-order valence-electron chi connectivity index (χ2n) is 4.41. The van der Waals surface area contributed by atoms with E-state index in [0.29, 0.717) is 6.04 Å². The van der Waals surface area contributed by atoms with Crippen LogP contribution in [0.3, 0.4) is 0 Å². The molecule has 0 radical (unpaired) electrons. The van der Waals surface area contributed by atoms with Gasteiger partial charge in [0.1, 0.15) is 0 Å². The zero-order valence-electron chi connectivity index (χ0n) is 8.39. The first-order valence-corrected chi connectivity index (χ1v) is 5.54. The van der Waals surface area contributed by atoms with Crippen molar-refractivity contribution in [1.82, 2.24) is 0 Å². The lowest BCUT2D eigenvalue weighted by atomic mass is 9.99. The summed E-state index contributed by atoms with van der Waals surface area (Å²) in [5, 5.41) is 0. The van der Waals surface area contributed by atoms with Gasteiger partial charge in [-0.2, -0.15) is 0 Å². The van der Waals surface area contributed by atoms with Gasteiger partial charge in [0.25, 0.3) is 0 Å². The predicted octanol–water partition coefficient (Wildman–Crippen LogP) is 3.08. The Bertz CT molecular complexity index is 104. The first kappa shape index (κ1) is 10.0. The van der Waals surface area contributed by atoms with Crippen molar-refractivity contribution >= 4 is 0 Å². The van der Waals surface area contributed by atoms with E-state index in [1.54, 1.807) is 0 Å². The first-order chi connectivity index (χ1) is 5.79. The minimum Gasteiger partial charge on any atom is -0.328 e. The van der Waals surface area contributed by atoms with Gasteiger partial charge in [-0.05, 0) is 19.3 Å². The van der Waals surface area contributed by atoms with Crippen molar-refractivity contribution in [2.75, 3.05) is 0 Å². The largest absolute Gasteiger partial charge is 0.328 e. The molecule has 1 atom stereocenters. The van der Waals surface area contributed by atoms with Crippen LogP contribution in [0.5, 0.6) is 0 Å². The molecule has 0 heterocycles. The summed E-state index contributed by atoms with van der Waals surface area (Å²) >= 11 is 0. The SMILES string of the molecule is C[C@@H](N)CCCCC1CCCC1. The summed E-state index contributed by atoms with van der Waals surface area (Å²) < 4.78 is 0. The van der Waals surface area contributed by atoms with Crippen LogP contribution in [0.1, 0.15) is 58.3 Å². The lowest BCUT2D eigenvalue weighted by Crippen LogP contribution is -2.14. The van der Waals surface area contributed by atoms with Gasteiger partial charge in [-0.1, -0.05) is 44.9 Å². The molecule has 2 N–H and O–H groups in total. The van der Waals surface area contributed by atoms with E-state index in [-0.39, 0.29) is 0 Å². The fourth-order valence-corrected chi connectivity index (χ4v) is 2.20. The van der Waals surface area contributed by atoms with Crippen LogP contribution >= 0.6 is 0 Å². The van der Waals surface area contributed by atoms with Gasteiger partial charge in [-0.3, -0.25) is 0 Å². The van der Waals surface area contributed by atoms with Crippen LogP contribution in [0.2, 0.25) is 0 Å². The molecule has 72 valence electrons. The summed E-state index contributed by atoms with van der Waals surface area (Å²) in [6, 6.07) is 0.411. The molecule has 0 aromatic rings. The zero-order chi connectivity index (χ0) is 8.81. The molecule has 0 amide bonds. The molecule has 0 aromatic carbocycles. The van der Waals surface area contributed by atoms with E-state index >= 15 is 0 Å². The Labute approximate surface area is 76.7 Å². The maximum Gasteiger partial charge on any atom is 0.00104 e. The average Bonchev–Trinajstić information content (AvgIpc) is 2.49. The highest BCUT2D eigenvalue weighted by Crippen LogP contribution is 2.29. The fraction of sp³-hybridized carbons (Fsp3) is 1.00. The van der Waals surface area contributed by atoms with Gasteiger partial charge < -0.3 is 5.73 Å². The van der Waals surface area contributed by atoms with Gasteiger partial charge in [-0.15, -0.1) is 0 Å². The third-order valence-corrected chi connectivity index (χ3v) is 3.00. The molecule has 0 aromatic heterocycles. The van der Waals surface area contributed by atoms with Crippen molar-refractivity contribution in [1.29, 1.82) is 0 Å². The van der Waals surface area contributed by atoms with E-state index < -0.39 is 0 Å². The Kier molecular flexibility index (Phi) is 4.67. The van der Waals surface area contributed by atoms with Gasteiger partial charge in [0.2, 0.25) is 0 Å². The van der Waals surface area contributed by atoms with Crippen LogP contribution < -0.4 is 5.73 Å². The van der Waals surface area contributed by atoms with E-state index in [1.165, 1.54) is 51.4 Å². The molecular formula is C11H23N. The Morgan fingerprint density at radius 3 is 2.50 bits per heavy atom. The van der Waals surface area contributed by atoms with Gasteiger partial charge in [0.05, 0.1) is 0 Å². The lowest BCUT2D eigenvalue weighted by molar-refractivity contribution is 0.459. The van der Waals surface area contributed by atoms with Crippen molar-refractivity contribution in [2.45, 2.75) is 64.3 Å². The number of hydrogen-bond acceptors (Lipinski definition) is 1.